The first-order valence-electron chi connectivity index (χ1n) is 12.1. The zero-order chi connectivity index (χ0) is 24.7. The first kappa shape index (κ1) is 17.6. The summed E-state index contributed by atoms with van der Waals surface area (Å²) in [5.41, 5.74) is 1.69. The van der Waals surface area contributed by atoms with E-state index in [-0.39, 0.29) is 23.0 Å². The molecule has 31 heavy (non-hydrogen) atoms. The Morgan fingerprint density at radius 2 is 1.90 bits per heavy atom. The predicted octanol–water partition coefficient (Wildman–Crippen LogP) is 4.91. The number of carbonyl (C=O) groups is 2. The van der Waals surface area contributed by atoms with Gasteiger partial charge >= 0.3 is 5.97 Å². The number of hydrogen-bond acceptors (Lipinski definition) is 5. The number of carboxylic acid groups (broad SMARTS) is 1. The lowest BCUT2D eigenvalue weighted by atomic mass is 9.64. The molecular formula is C25H28O6. The maximum Gasteiger partial charge on any atom is 0.313 e. The van der Waals surface area contributed by atoms with Gasteiger partial charge in [0.15, 0.2) is 17.3 Å². The summed E-state index contributed by atoms with van der Waals surface area (Å²) in [7, 11) is -1.40. The first-order valence-corrected chi connectivity index (χ1v) is 10.6. The fraction of sp³-hybridized carbons (Fsp3) is 0.440. The van der Waals surface area contributed by atoms with E-state index in [9.17, 15) is 14.7 Å². The summed E-state index contributed by atoms with van der Waals surface area (Å²) in [4.78, 5) is 24.6. The van der Waals surface area contributed by atoms with E-state index in [1.807, 2.05) is 13.0 Å². The Kier molecular flexibility index (Phi) is 4.69. The van der Waals surface area contributed by atoms with Crippen LogP contribution in [0.5, 0.6) is 17.2 Å². The molecule has 0 saturated heterocycles. The van der Waals surface area contributed by atoms with E-state index in [1.165, 1.54) is 7.11 Å². The van der Waals surface area contributed by atoms with Crippen LogP contribution < -0.4 is 14.2 Å². The van der Waals surface area contributed by atoms with E-state index < -0.39 is 24.5 Å². The number of hydrogen-bond donors (Lipinski definition) is 1. The van der Waals surface area contributed by atoms with E-state index in [2.05, 4.69) is 0 Å². The molecule has 0 heterocycles. The Labute approximate surface area is 186 Å². The van der Waals surface area contributed by atoms with E-state index >= 15 is 0 Å². The van der Waals surface area contributed by atoms with Gasteiger partial charge in [-0.15, -0.1) is 0 Å². The molecule has 1 atom stereocenters. The van der Waals surface area contributed by atoms with Crippen LogP contribution >= 0.6 is 0 Å². The molecule has 6 nitrogen and oxygen atoms in total. The van der Waals surface area contributed by atoms with E-state index in [0.29, 0.717) is 43.2 Å². The standard InChI is InChI=1S/C25H28O6/c1-4-21(25(24(27)28)13-6-14-25)31-22-18(10-12-20(29-2)23(22)30-3)15-7-5-8-17-16(15)9-11-19(17)26/h5,7-8,10,12,21H,4,6,9,11,13-14H2,1-3H3,(H,27,28)/i3D3. The molecule has 0 radical (unpaired) electrons. The first-order chi connectivity index (χ1) is 16.1. The largest absolute Gasteiger partial charge is 0.493 e. The van der Waals surface area contributed by atoms with Gasteiger partial charge in [0.25, 0.3) is 0 Å². The molecular weight excluding hydrogens is 396 g/mol. The lowest BCUT2D eigenvalue weighted by molar-refractivity contribution is -0.163. The zero-order valence-corrected chi connectivity index (χ0v) is 17.7. The molecule has 164 valence electrons. The number of ketones is 1. The molecule has 2 aliphatic carbocycles. The van der Waals surface area contributed by atoms with Gasteiger partial charge in [0, 0.05) is 17.5 Å². The van der Waals surface area contributed by atoms with Gasteiger partial charge in [-0.25, -0.2) is 0 Å². The molecule has 1 fully saturated rings. The second kappa shape index (κ2) is 8.25. The van der Waals surface area contributed by atoms with Gasteiger partial charge in [-0.3, -0.25) is 9.59 Å². The summed E-state index contributed by atoms with van der Waals surface area (Å²) < 4.78 is 40.2. The van der Waals surface area contributed by atoms with Crippen LogP contribution in [0.15, 0.2) is 30.3 Å². The Morgan fingerprint density at radius 3 is 2.52 bits per heavy atom. The Morgan fingerprint density at radius 1 is 1.13 bits per heavy atom. The highest BCUT2D eigenvalue weighted by atomic mass is 16.5. The second-order valence-corrected chi connectivity index (χ2v) is 8.16. The van der Waals surface area contributed by atoms with Gasteiger partial charge in [0.1, 0.15) is 11.5 Å². The number of ether oxygens (including phenoxy) is 3. The summed E-state index contributed by atoms with van der Waals surface area (Å²) in [5.74, 6) is -0.716. The van der Waals surface area contributed by atoms with Crippen molar-refractivity contribution in [1.82, 2.24) is 0 Å². The lowest BCUT2D eigenvalue weighted by Gasteiger charge is -2.43. The number of carboxylic acids is 1. The van der Waals surface area contributed by atoms with Crippen LogP contribution in [0.4, 0.5) is 0 Å². The molecule has 2 aromatic carbocycles. The molecule has 0 bridgehead atoms. The van der Waals surface area contributed by atoms with Crippen molar-refractivity contribution in [1.29, 1.82) is 0 Å². The highest BCUT2D eigenvalue weighted by molar-refractivity contribution is 6.02. The van der Waals surface area contributed by atoms with Gasteiger partial charge in [0.05, 0.1) is 18.3 Å². The Balaban J connectivity index is 1.92. The molecule has 0 aromatic heterocycles. The summed E-state index contributed by atoms with van der Waals surface area (Å²) in [6, 6.07) is 8.73. The van der Waals surface area contributed by atoms with Gasteiger partial charge < -0.3 is 19.3 Å². The number of methoxy groups -OCH3 is 2. The average molecular weight is 428 g/mol. The van der Waals surface area contributed by atoms with Crippen molar-refractivity contribution in [2.45, 2.75) is 51.6 Å². The monoisotopic (exact) mass is 427 g/mol. The van der Waals surface area contributed by atoms with Gasteiger partial charge in [-0.1, -0.05) is 31.5 Å². The van der Waals surface area contributed by atoms with Gasteiger partial charge in [-0.05, 0) is 48.9 Å². The van der Waals surface area contributed by atoms with Crippen LogP contribution in [-0.4, -0.2) is 37.1 Å². The van der Waals surface area contributed by atoms with Crippen molar-refractivity contribution >= 4 is 11.8 Å². The zero-order valence-electron chi connectivity index (χ0n) is 20.7. The fourth-order valence-electron chi connectivity index (χ4n) is 4.83. The summed E-state index contributed by atoms with van der Waals surface area (Å²) in [6.07, 6.45) is 2.39. The molecule has 2 aromatic rings. The average Bonchev–Trinajstić information content (AvgIpc) is 3.13. The van der Waals surface area contributed by atoms with Crippen molar-refractivity contribution in [3.63, 3.8) is 0 Å². The molecule has 2 aliphatic rings. The number of fused-ring (bicyclic) bond motifs is 1. The van der Waals surface area contributed by atoms with Crippen molar-refractivity contribution in [2.24, 2.45) is 5.41 Å². The van der Waals surface area contributed by atoms with E-state index in [0.717, 1.165) is 17.5 Å². The highest BCUT2D eigenvalue weighted by Gasteiger charge is 2.52. The molecule has 1 saturated carbocycles. The van der Waals surface area contributed by atoms with Crippen LogP contribution in [0.25, 0.3) is 11.1 Å². The maximum absolute atomic E-state index is 12.4. The number of rotatable bonds is 8. The minimum atomic E-state index is -2.79. The highest BCUT2D eigenvalue weighted by Crippen LogP contribution is 2.51. The summed E-state index contributed by atoms with van der Waals surface area (Å²) >= 11 is 0. The molecule has 6 heteroatoms. The lowest BCUT2D eigenvalue weighted by Crippen LogP contribution is -2.50. The fourth-order valence-corrected chi connectivity index (χ4v) is 4.83. The molecule has 0 aliphatic heterocycles. The third kappa shape index (κ3) is 3.34. The molecule has 0 spiro atoms. The van der Waals surface area contributed by atoms with Crippen molar-refractivity contribution < 1.29 is 33.0 Å². The van der Waals surface area contributed by atoms with Crippen LogP contribution in [0.3, 0.4) is 0 Å². The van der Waals surface area contributed by atoms with Crippen LogP contribution in [0.1, 0.15) is 59.1 Å². The maximum atomic E-state index is 12.4. The van der Waals surface area contributed by atoms with Crippen LogP contribution in [0.2, 0.25) is 0 Å². The van der Waals surface area contributed by atoms with Crippen molar-refractivity contribution in [2.75, 3.05) is 14.1 Å². The summed E-state index contributed by atoms with van der Waals surface area (Å²) in [6.45, 7) is 1.84. The topological polar surface area (TPSA) is 82.1 Å². The van der Waals surface area contributed by atoms with E-state index in [4.69, 9.17) is 18.3 Å². The third-order valence-electron chi connectivity index (χ3n) is 6.69. The molecule has 4 rings (SSSR count). The summed E-state index contributed by atoms with van der Waals surface area (Å²) in [5, 5.41) is 10.00. The van der Waals surface area contributed by atoms with Gasteiger partial charge in [-0.2, -0.15) is 0 Å². The van der Waals surface area contributed by atoms with Crippen LogP contribution in [-0.2, 0) is 11.2 Å². The normalized spacial score (nSPS) is 19.3. The SMILES string of the molecule is [2H]C([2H])([2H])Oc1c(OC)ccc(-c2cccc3c2CCC3=O)c1OC(CC)C1(C(=O)O)CCC1. The minimum absolute atomic E-state index is 0.0533. The Hall–Kier alpha value is -3.02. The second-order valence-electron chi connectivity index (χ2n) is 8.16. The van der Waals surface area contributed by atoms with E-state index in [1.54, 1.807) is 24.3 Å². The number of aliphatic carboxylic acids is 1. The predicted molar refractivity (Wildman–Crippen MR) is 116 cm³/mol. The van der Waals surface area contributed by atoms with Crippen molar-refractivity contribution in [3.8, 4) is 28.4 Å². The molecule has 1 N–H and O–H groups in total. The smallest absolute Gasteiger partial charge is 0.313 e. The number of benzene rings is 2. The Bertz CT molecular complexity index is 1120. The van der Waals surface area contributed by atoms with Gasteiger partial charge in [0.2, 0.25) is 5.75 Å². The molecule has 1 unspecified atom stereocenters. The third-order valence-corrected chi connectivity index (χ3v) is 6.69. The number of carbonyl (C=O) groups excluding carboxylic acids is 1. The minimum Gasteiger partial charge on any atom is -0.493 e. The number of Topliss-reactive ketones (excluding diaryl/α,β-unsaturated/α-hetero) is 1. The molecule has 0 amide bonds. The van der Waals surface area contributed by atoms with Crippen molar-refractivity contribution in [3.05, 3.63) is 41.5 Å². The quantitative estimate of drug-likeness (QED) is 0.644. The van der Waals surface area contributed by atoms with Crippen LogP contribution in [0, 0.1) is 5.41 Å².